The maximum atomic E-state index is 14.8. The van der Waals surface area contributed by atoms with E-state index in [1.165, 1.54) is 4.31 Å². The smallest absolute Gasteiger partial charge is 0.264 e. The van der Waals surface area contributed by atoms with Crippen LogP contribution in [0, 0.1) is 27.7 Å². The Morgan fingerprint density at radius 1 is 0.750 bits per heavy atom. The van der Waals surface area contributed by atoms with Crippen molar-refractivity contribution in [2.75, 3.05) is 10.8 Å². The number of hydrogen-bond acceptors (Lipinski definition) is 4. The maximum Gasteiger partial charge on any atom is 0.264 e. The van der Waals surface area contributed by atoms with E-state index in [0.717, 1.165) is 65.5 Å². The molecule has 1 saturated carbocycles. The summed E-state index contributed by atoms with van der Waals surface area (Å²) in [5, 5.41) is 3.27. The fraction of sp³-hybridized carbons (Fsp3) is 0.350. The van der Waals surface area contributed by atoms with Gasteiger partial charge >= 0.3 is 0 Å². The number of amides is 2. The first-order valence-electron chi connectivity index (χ1n) is 16.9. The zero-order valence-electron chi connectivity index (χ0n) is 28.5. The first-order chi connectivity index (χ1) is 23.0. The predicted molar refractivity (Wildman–Crippen MR) is 192 cm³/mol. The molecular weight excluding hydrogens is 619 g/mol. The molecule has 1 unspecified atom stereocenters. The maximum absolute atomic E-state index is 14.8. The van der Waals surface area contributed by atoms with E-state index in [-0.39, 0.29) is 23.4 Å². The fourth-order valence-electron chi connectivity index (χ4n) is 6.44. The molecule has 1 aliphatic carbocycles. The highest BCUT2D eigenvalue weighted by Crippen LogP contribution is 2.29. The van der Waals surface area contributed by atoms with Crippen molar-refractivity contribution < 1.29 is 18.0 Å². The van der Waals surface area contributed by atoms with E-state index in [1.807, 2.05) is 94.4 Å². The summed E-state index contributed by atoms with van der Waals surface area (Å²) >= 11 is 0. The van der Waals surface area contributed by atoms with Crippen LogP contribution in [-0.2, 0) is 32.6 Å². The molecule has 1 aliphatic rings. The third-order valence-electron chi connectivity index (χ3n) is 9.18. The highest BCUT2D eigenvalue weighted by atomic mass is 32.2. The fourth-order valence-corrected chi connectivity index (χ4v) is 7.91. The molecule has 8 heteroatoms. The summed E-state index contributed by atoms with van der Waals surface area (Å²) in [6.45, 7) is 7.32. The topological polar surface area (TPSA) is 86.8 Å². The minimum Gasteiger partial charge on any atom is -0.352 e. The molecule has 252 valence electrons. The molecule has 1 N–H and O–H groups in total. The van der Waals surface area contributed by atoms with Crippen molar-refractivity contribution in [2.45, 2.75) is 89.7 Å². The monoisotopic (exact) mass is 665 g/mol. The summed E-state index contributed by atoms with van der Waals surface area (Å²) in [5.74, 6) is -0.667. The van der Waals surface area contributed by atoms with Crippen LogP contribution in [-0.4, -0.2) is 43.8 Å². The summed E-state index contributed by atoms with van der Waals surface area (Å²) in [6.07, 6.45) is 5.38. The van der Waals surface area contributed by atoms with Gasteiger partial charge in [-0.3, -0.25) is 13.9 Å². The van der Waals surface area contributed by atoms with Crippen LogP contribution in [0.1, 0.15) is 65.5 Å². The molecule has 4 aromatic rings. The van der Waals surface area contributed by atoms with E-state index in [1.54, 1.807) is 35.2 Å². The molecule has 0 radical (unpaired) electrons. The molecule has 48 heavy (non-hydrogen) atoms. The number of rotatable bonds is 12. The first kappa shape index (κ1) is 34.9. The second-order valence-corrected chi connectivity index (χ2v) is 15.0. The van der Waals surface area contributed by atoms with E-state index in [9.17, 15) is 18.0 Å². The summed E-state index contributed by atoms with van der Waals surface area (Å²) in [7, 11) is -4.16. The van der Waals surface area contributed by atoms with Crippen molar-refractivity contribution in [3.63, 3.8) is 0 Å². The van der Waals surface area contributed by atoms with Gasteiger partial charge in [-0.25, -0.2) is 8.42 Å². The lowest BCUT2D eigenvalue weighted by molar-refractivity contribution is -0.140. The number of sulfonamides is 1. The summed E-state index contributed by atoms with van der Waals surface area (Å²) in [6, 6.07) is 29.0. The summed E-state index contributed by atoms with van der Waals surface area (Å²) in [4.78, 5) is 30.8. The quantitative estimate of drug-likeness (QED) is 0.173. The minimum absolute atomic E-state index is 0.0498. The number of anilines is 1. The van der Waals surface area contributed by atoms with Gasteiger partial charge in [-0.1, -0.05) is 109 Å². The van der Waals surface area contributed by atoms with E-state index < -0.39 is 28.5 Å². The van der Waals surface area contributed by atoms with Gasteiger partial charge in [0.05, 0.1) is 10.6 Å². The van der Waals surface area contributed by atoms with E-state index in [2.05, 4.69) is 5.32 Å². The van der Waals surface area contributed by atoms with Crippen LogP contribution >= 0.6 is 0 Å². The number of nitrogens with zero attached hydrogens (tertiary/aromatic N) is 2. The lowest BCUT2D eigenvalue weighted by Crippen LogP contribution is -2.55. The number of hydrogen-bond donors (Lipinski definition) is 1. The highest BCUT2D eigenvalue weighted by molar-refractivity contribution is 7.92. The van der Waals surface area contributed by atoms with Gasteiger partial charge in [0, 0.05) is 19.0 Å². The van der Waals surface area contributed by atoms with Crippen LogP contribution in [0.5, 0.6) is 0 Å². The van der Waals surface area contributed by atoms with Gasteiger partial charge in [0.2, 0.25) is 11.8 Å². The Kier molecular flexibility index (Phi) is 11.4. The van der Waals surface area contributed by atoms with Gasteiger partial charge in [-0.2, -0.15) is 0 Å². The second-order valence-electron chi connectivity index (χ2n) is 13.2. The minimum atomic E-state index is -4.16. The van der Waals surface area contributed by atoms with Crippen molar-refractivity contribution >= 4 is 27.5 Å². The lowest BCUT2D eigenvalue weighted by atomic mass is 9.94. The molecule has 5 rings (SSSR count). The number of benzene rings is 4. The van der Waals surface area contributed by atoms with Crippen LogP contribution in [0.2, 0.25) is 0 Å². The highest BCUT2D eigenvalue weighted by Gasteiger charge is 2.36. The second kappa shape index (κ2) is 15.6. The largest absolute Gasteiger partial charge is 0.352 e. The van der Waals surface area contributed by atoms with Crippen LogP contribution in [0.3, 0.4) is 0 Å². The van der Waals surface area contributed by atoms with Crippen LogP contribution in [0.15, 0.2) is 102 Å². The van der Waals surface area contributed by atoms with Crippen molar-refractivity contribution in [1.82, 2.24) is 10.2 Å². The number of carbonyl (C=O) groups is 2. The van der Waals surface area contributed by atoms with Gasteiger partial charge in [0.1, 0.15) is 12.6 Å². The normalized spacial score (nSPS) is 14.2. The Morgan fingerprint density at radius 2 is 1.40 bits per heavy atom. The lowest BCUT2D eigenvalue weighted by Gasteiger charge is -2.35. The van der Waals surface area contributed by atoms with Crippen molar-refractivity contribution in [2.24, 2.45) is 0 Å². The Bertz CT molecular complexity index is 1820. The molecule has 0 heterocycles. The van der Waals surface area contributed by atoms with Crippen LogP contribution in [0.4, 0.5) is 5.69 Å². The average Bonchev–Trinajstić information content (AvgIpc) is 3.07. The number of carbonyl (C=O) groups excluding carboxylic acids is 2. The molecule has 0 aliphatic heterocycles. The third-order valence-corrected chi connectivity index (χ3v) is 11.0. The van der Waals surface area contributed by atoms with Gasteiger partial charge < -0.3 is 10.2 Å². The first-order valence-corrected chi connectivity index (χ1v) is 18.3. The van der Waals surface area contributed by atoms with Crippen molar-refractivity contribution in [3.8, 4) is 0 Å². The van der Waals surface area contributed by atoms with Gasteiger partial charge in [-0.15, -0.1) is 0 Å². The molecule has 7 nitrogen and oxygen atoms in total. The molecule has 1 fully saturated rings. The zero-order valence-corrected chi connectivity index (χ0v) is 29.3. The van der Waals surface area contributed by atoms with Crippen LogP contribution < -0.4 is 9.62 Å². The molecule has 1 atom stereocenters. The SMILES string of the molecule is Cc1ccc(S(=O)(=O)N(CC(=O)N(Cc2cccc(C)c2)C(Cc2ccccc2)C(=O)NC2CCCCC2)c2cc(C)ccc2C)cc1. The van der Waals surface area contributed by atoms with E-state index in [4.69, 9.17) is 0 Å². The standard InChI is InChI=1S/C40H47N3O4S/c1-29-19-22-36(23-20-29)48(46,47)43(37-25-31(3)18-21-32(37)4)28-39(44)42(27-34-15-11-12-30(2)24-34)38(26-33-13-7-5-8-14-33)40(45)41-35-16-9-6-10-17-35/h5,7-8,11-15,18-25,35,38H,6,9-10,16-17,26-28H2,1-4H3,(H,41,45). The van der Waals surface area contributed by atoms with Crippen molar-refractivity contribution in [1.29, 1.82) is 0 Å². The summed E-state index contributed by atoms with van der Waals surface area (Å²) in [5.41, 5.74) is 5.78. The van der Waals surface area contributed by atoms with Gasteiger partial charge in [0.15, 0.2) is 0 Å². The van der Waals surface area contributed by atoms with Crippen LogP contribution in [0.25, 0.3) is 0 Å². The number of aryl methyl sites for hydroxylation is 4. The molecule has 0 saturated heterocycles. The predicted octanol–water partition coefficient (Wildman–Crippen LogP) is 7.20. The Labute approximate surface area is 286 Å². The molecule has 0 bridgehead atoms. The van der Waals surface area contributed by atoms with Crippen molar-refractivity contribution in [3.05, 3.63) is 130 Å². The molecule has 2 amide bonds. The van der Waals surface area contributed by atoms with Gasteiger partial charge in [-0.05, 0) is 81.0 Å². The molecule has 0 aromatic heterocycles. The van der Waals surface area contributed by atoms with Gasteiger partial charge in [0.25, 0.3) is 10.0 Å². The molecular formula is C40H47N3O4S. The van der Waals surface area contributed by atoms with E-state index >= 15 is 0 Å². The zero-order chi connectivity index (χ0) is 34.3. The molecule has 0 spiro atoms. The average molecular weight is 666 g/mol. The Balaban J connectivity index is 1.59. The summed E-state index contributed by atoms with van der Waals surface area (Å²) < 4.78 is 30.0. The number of nitrogens with one attached hydrogen (secondary N) is 1. The Hall–Kier alpha value is -4.43. The Morgan fingerprint density at radius 3 is 2.08 bits per heavy atom. The third kappa shape index (κ3) is 8.72. The van der Waals surface area contributed by atoms with E-state index in [0.29, 0.717) is 12.1 Å². The molecule has 4 aromatic carbocycles.